The highest BCUT2D eigenvalue weighted by atomic mass is 35.5. The second kappa shape index (κ2) is 6.79. The summed E-state index contributed by atoms with van der Waals surface area (Å²) in [5.74, 6) is -0.681. The highest BCUT2D eigenvalue weighted by molar-refractivity contribution is 6.37. The van der Waals surface area contributed by atoms with E-state index in [1.54, 1.807) is 13.0 Å². The second-order valence-corrected chi connectivity index (χ2v) is 4.51. The Morgan fingerprint density at radius 1 is 1.38 bits per heavy atom. The zero-order valence-electron chi connectivity index (χ0n) is 11.3. The minimum absolute atomic E-state index is 0.128. The molecule has 0 spiro atoms. The highest BCUT2D eigenvalue weighted by Gasteiger charge is 2.11. The summed E-state index contributed by atoms with van der Waals surface area (Å²) in [6, 6.07) is 11.3. The summed E-state index contributed by atoms with van der Waals surface area (Å²) in [5.41, 5.74) is 9.01. The van der Waals surface area contributed by atoms with Gasteiger partial charge in [-0.25, -0.2) is 4.79 Å². The predicted octanol–water partition coefficient (Wildman–Crippen LogP) is 4.71. The molecule has 0 amide bonds. The number of ether oxygens (including phenoxy) is 1. The van der Waals surface area contributed by atoms with Crippen LogP contribution < -0.4 is 0 Å². The number of rotatable bonds is 4. The van der Waals surface area contributed by atoms with Crippen LogP contribution in [0.2, 0.25) is 5.02 Å². The van der Waals surface area contributed by atoms with Gasteiger partial charge in [0.1, 0.15) is 5.70 Å². The maximum atomic E-state index is 11.7. The van der Waals surface area contributed by atoms with Crippen LogP contribution in [-0.4, -0.2) is 12.6 Å². The fraction of sp³-hybridized carbons (Fsp3) is 0.133. The average Bonchev–Trinajstić information content (AvgIpc) is 2.50. The lowest BCUT2D eigenvalue weighted by Gasteiger charge is -2.06. The summed E-state index contributed by atoms with van der Waals surface area (Å²) in [5, 5.41) is 5.70. The van der Waals surface area contributed by atoms with E-state index in [9.17, 15) is 4.79 Å². The SMILES string of the molecule is CCOC(=O)/C(=C/c1ccc2ccccc2c1Cl)N=[N+]=[N-]. The number of carbonyl (C=O) groups excluding carboxylic acids is 1. The molecule has 0 bridgehead atoms. The van der Waals surface area contributed by atoms with E-state index in [4.69, 9.17) is 21.9 Å². The Morgan fingerprint density at radius 3 is 2.86 bits per heavy atom. The molecule has 2 rings (SSSR count). The maximum Gasteiger partial charge on any atom is 0.340 e. The van der Waals surface area contributed by atoms with Gasteiger partial charge in [-0.1, -0.05) is 53.1 Å². The zero-order chi connectivity index (χ0) is 15.2. The summed E-state index contributed by atoms with van der Waals surface area (Å²) in [7, 11) is 0. The number of hydrogen-bond donors (Lipinski definition) is 0. The third-order valence-electron chi connectivity index (χ3n) is 2.82. The first kappa shape index (κ1) is 14.9. The van der Waals surface area contributed by atoms with E-state index in [0.29, 0.717) is 10.6 Å². The summed E-state index contributed by atoms with van der Waals surface area (Å²) >= 11 is 6.34. The maximum absolute atomic E-state index is 11.7. The number of benzene rings is 2. The van der Waals surface area contributed by atoms with Gasteiger partial charge >= 0.3 is 5.97 Å². The molecule has 0 fully saturated rings. The van der Waals surface area contributed by atoms with Crippen LogP contribution >= 0.6 is 11.6 Å². The number of nitrogens with zero attached hydrogens (tertiary/aromatic N) is 3. The third kappa shape index (κ3) is 3.34. The van der Waals surface area contributed by atoms with Crippen LogP contribution in [0.25, 0.3) is 27.3 Å². The quantitative estimate of drug-likeness (QED) is 0.270. The Bertz CT molecular complexity index is 765. The molecule has 0 aliphatic rings. The zero-order valence-corrected chi connectivity index (χ0v) is 12.0. The van der Waals surface area contributed by atoms with Crippen LogP contribution in [-0.2, 0) is 9.53 Å². The van der Waals surface area contributed by atoms with Crippen LogP contribution in [0.4, 0.5) is 0 Å². The summed E-state index contributed by atoms with van der Waals surface area (Å²) in [6.07, 6.45) is 1.42. The number of fused-ring (bicyclic) bond motifs is 1. The van der Waals surface area contributed by atoms with Crippen molar-refractivity contribution in [2.45, 2.75) is 6.92 Å². The molecule has 2 aromatic carbocycles. The fourth-order valence-electron chi connectivity index (χ4n) is 1.89. The molecule has 5 nitrogen and oxygen atoms in total. The topological polar surface area (TPSA) is 75.1 Å². The predicted molar refractivity (Wildman–Crippen MR) is 82.7 cm³/mol. The van der Waals surface area contributed by atoms with E-state index >= 15 is 0 Å². The Labute approximate surface area is 126 Å². The summed E-state index contributed by atoms with van der Waals surface area (Å²) < 4.78 is 4.84. The normalized spacial score (nSPS) is 11.0. The molecule has 0 aliphatic heterocycles. The number of esters is 1. The van der Waals surface area contributed by atoms with Gasteiger partial charge in [-0.05, 0) is 29.5 Å². The van der Waals surface area contributed by atoms with E-state index < -0.39 is 5.97 Å². The van der Waals surface area contributed by atoms with Crippen LogP contribution in [0.5, 0.6) is 0 Å². The van der Waals surface area contributed by atoms with Crippen LogP contribution in [0.15, 0.2) is 47.2 Å². The first-order valence-corrected chi connectivity index (χ1v) is 6.66. The lowest BCUT2D eigenvalue weighted by atomic mass is 10.1. The van der Waals surface area contributed by atoms with E-state index in [0.717, 1.165) is 10.8 Å². The van der Waals surface area contributed by atoms with Crippen molar-refractivity contribution < 1.29 is 9.53 Å². The molecule has 2 aromatic rings. The number of carbonyl (C=O) groups is 1. The molecule has 6 heteroatoms. The van der Waals surface area contributed by atoms with Crippen molar-refractivity contribution in [1.82, 2.24) is 0 Å². The Balaban J connectivity index is 2.53. The first-order chi connectivity index (χ1) is 10.2. The van der Waals surface area contributed by atoms with Crippen molar-refractivity contribution in [1.29, 1.82) is 0 Å². The first-order valence-electron chi connectivity index (χ1n) is 6.28. The van der Waals surface area contributed by atoms with E-state index in [1.165, 1.54) is 6.08 Å². The minimum Gasteiger partial charge on any atom is -0.462 e. The number of halogens is 1. The molecule has 0 aliphatic carbocycles. The molecule has 0 radical (unpaired) electrons. The molecule has 0 aromatic heterocycles. The Hall–Kier alpha value is -2.49. The number of hydrogen-bond acceptors (Lipinski definition) is 3. The molecule has 106 valence electrons. The molecule has 0 unspecified atom stereocenters. The molecule has 0 N–H and O–H groups in total. The van der Waals surface area contributed by atoms with Crippen LogP contribution in [0, 0.1) is 0 Å². The van der Waals surface area contributed by atoms with Crippen molar-refractivity contribution >= 4 is 34.4 Å². The summed E-state index contributed by atoms with van der Waals surface area (Å²) in [4.78, 5) is 14.4. The van der Waals surface area contributed by atoms with Crippen molar-refractivity contribution in [3.8, 4) is 0 Å². The van der Waals surface area contributed by atoms with Gasteiger partial charge in [0.15, 0.2) is 0 Å². The van der Waals surface area contributed by atoms with Crippen LogP contribution in [0.1, 0.15) is 12.5 Å². The smallest absolute Gasteiger partial charge is 0.340 e. The molecule has 0 saturated heterocycles. The van der Waals surface area contributed by atoms with Gasteiger partial charge in [0.25, 0.3) is 0 Å². The Kier molecular flexibility index (Phi) is 4.82. The monoisotopic (exact) mass is 301 g/mol. The van der Waals surface area contributed by atoms with Gasteiger partial charge in [-0.2, -0.15) is 0 Å². The molecular weight excluding hydrogens is 290 g/mol. The van der Waals surface area contributed by atoms with Gasteiger partial charge in [0.2, 0.25) is 0 Å². The van der Waals surface area contributed by atoms with Gasteiger partial charge in [0, 0.05) is 10.3 Å². The summed E-state index contributed by atoms with van der Waals surface area (Å²) in [6.45, 7) is 1.87. The Morgan fingerprint density at radius 2 is 2.14 bits per heavy atom. The van der Waals surface area contributed by atoms with E-state index in [-0.39, 0.29) is 12.3 Å². The fourth-order valence-corrected chi connectivity index (χ4v) is 2.18. The van der Waals surface area contributed by atoms with Gasteiger partial charge in [0.05, 0.1) is 11.6 Å². The third-order valence-corrected chi connectivity index (χ3v) is 3.24. The minimum atomic E-state index is -0.681. The molecule has 0 heterocycles. The second-order valence-electron chi connectivity index (χ2n) is 4.13. The average molecular weight is 302 g/mol. The van der Waals surface area contributed by atoms with Gasteiger partial charge in [-0.3, -0.25) is 0 Å². The molecular formula is C15H12ClN3O2. The lowest BCUT2D eigenvalue weighted by molar-refractivity contribution is -0.138. The van der Waals surface area contributed by atoms with Crippen molar-refractivity contribution in [2.24, 2.45) is 5.11 Å². The molecule has 21 heavy (non-hydrogen) atoms. The largest absolute Gasteiger partial charge is 0.462 e. The van der Waals surface area contributed by atoms with Gasteiger partial charge in [-0.15, -0.1) is 0 Å². The van der Waals surface area contributed by atoms with Crippen LogP contribution in [0.3, 0.4) is 0 Å². The van der Waals surface area contributed by atoms with Crippen molar-refractivity contribution in [3.05, 3.63) is 63.1 Å². The van der Waals surface area contributed by atoms with Crippen molar-refractivity contribution in [3.63, 3.8) is 0 Å². The highest BCUT2D eigenvalue weighted by Crippen LogP contribution is 2.29. The van der Waals surface area contributed by atoms with Crippen molar-refractivity contribution in [2.75, 3.05) is 6.61 Å². The standard InChI is InChI=1S/C15H12ClN3O2/c1-2-21-15(20)13(18-19-17)9-11-8-7-10-5-3-4-6-12(10)14(11)16/h3-9H,2H2,1H3/b13-9-. The number of azide groups is 1. The van der Waals surface area contributed by atoms with E-state index in [1.807, 2.05) is 30.3 Å². The van der Waals surface area contributed by atoms with Gasteiger partial charge < -0.3 is 4.74 Å². The van der Waals surface area contributed by atoms with E-state index in [2.05, 4.69) is 10.0 Å². The molecule has 0 atom stereocenters. The molecule has 0 saturated carbocycles. The lowest BCUT2D eigenvalue weighted by Crippen LogP contribution is -2.05.